The smallest absolute Gasteiger partial charge is 0.0849 e. The maximum absolute atomic E-state index is 9.26. The van der Waals surface area contributed by atoms with Crippen molar-refractivity contribution in [1.82, 2.24) is 4.90 Å². The fourth-order valence-corrected chi connectivity index (χ4v) is 2.29. The van der Waals surface area contributed by atoms with Gasteiger partial charge in [-0.3, -0.25) is 0 Å². The Bertz CT molecular complexity index is 266. The molecule has 16 heavy (non-hydrogen) atoms. The Morgan fingerprint density at radius 3 is 2.75 bits per heavy atom. The lowest BCUT2D eigenvalue weighted by Crippen LogP contribution is -2.50. The van der Waals surface area contributed by atoms with Crippen molar-refractivity contribution in [2.24, 2.45) is 11.0 Å². The highest BCUT2D eigenvalue weighted by Crippen LogP contribution is 2.28. The van der Waals surface area contributed by atoms with Crippen molar-refractivity contribution in [1.29, 1.82) is 0 Å². The molecule has 1 heterocycles. The van der Waals surface area contributed by atoms with Crippen molar-refractivity contribution in [3.05, 3.63) is 10.4 Å². The Morgan fingerprint density at radius 1 is 1.56 bits per heavy atom. The van der Waals surface area contributed by atoms with Gasteiger partial charge in [0.15, 0.2) is 0 Å². The summed E-state index contributed by atoms with van der Waals surface area (Å²) in [6, 6.07) is 0.352. The summed E-state index contributed by atoms with van der Waals surface area (Å²) in [6.07, 6.45) is 0.584. The van der Waals surface area contributed by atoms with E-state index in [1.54, 1.807) is 0 Å². The molecule has 0 amide bonds. The van der Waals surface area contributed by atoms with Crippen LogP contribution in [0.2, 0.25) is 0 Å². The Kier molecular flexibility index (Phi) is 5.02. The fourth-order valence-electron chi connectivity index (χ4n) is 2.29. The Hall–Kier alpha value is -0.810. The number of aliphatic hydroxyl groups excluding tert-OH is 1. The minimum Gasteiger partial charge on any atom is -0.394 e. The standard InChI is InChI=1S/C10H20N4O2/c1-7-9(14(2)3)4-8(5-12-13-11)16-10(7)6-15/h7-10,15H,4-6H2,1-3H3/t7-,8+,9+,10+/m1/s1. The van der Waals surface area contributed by atoms with Crippen LogP contribution in [0.3, 0.4) is 0 Å². The molecule has 1 fully saturated rings. The zero-order chi connectivity index (χ0) is 12.1. The van der Waals surface area contributed by atoms with Crippen molar-refractivity contribution >= 4 is 0 Å². The molecule has 1 aliphatic heterocycles. The third-order valence-electron chi connectivity index (χ3n) is 3.26. The first-order chi connectivity index (χ1) is 7.60. The fraction of sp³-hybridized carbons (Fsp3) is 1.00. The molecule has 0 aromatic carbocycles. The normalized spacial score (nSPS) is 34.8. The number of nitrogens with zero attached hydrogens (tertiary/aromatic N) is 4. The average molecular weight is 228 g/mol. The average Bonchev–Trinajstić information content (AvgIpc) is 2.27. The molecule has 1 aliphatic rings. The van der Waals surface area contributed by atoms with E-state index in [1.807, 2.05) is 14.1 Å². The number of hydrogen-bond acceptors (Lipinski definition) is 4. The van der Waals surface area contributed by atoms with Crippen molar-refractivity contribution in [3.63, 3.8) is 0 Å². The monoisotopic (exact) mass is 228 g/mol. The highest BCUT2D eigenvalue weighted by Gasteiger charge is 2.36. The molecule has 0 radical (unpaired) electrons. The molecule has 4 atom stereocenters. The van der Waals surface area contributed by atoms with Gasteiger partial charge < -0.3 is 14.7 Å². The van der Waals surface area contributed by atoms with E-state index in [-0.39, 0.29) is 24.7 Å². The SMILES string of the molecule is C[C@H]1[C@H](CO)O[C@H](CN=[N+]=[N-])C[C@@H]1N(C)C. The zero-order valence-corrected chi connectivity index (χ0v) is 10.1. The van der Waals surface area contributed by atoms with Crippen LogP contribution in [-0.4, -0.2) is 55.5 Å². The number of rotatable bonds is 4. The van der Waals surface area contributed by atoms with Crippen LogP contribution in [-0.2, 0) is 4.74 Å². The van der Waals surface area contributed by atoms with E-state index >= 15 is 0 Å². The summed E-state index contributed by atoms with van der Waals surface area (Å²) in [6.45, 7) is 2.43. The summed E-state index contributed by atoms with van der Waals surface area (Å²) in [7, 11) is 4.04. The van der Waals surface area contributed by atoms with Gasteiger partial charge in [0.05, 0.1) is 25.4 Å². The van der Waals surface area contributed by atoms with Crippen molar-refractivity contribution in [3.8, 4) is 0 Å². The molecule has 0 bridgehead atoms. The van der Waals surface area contributed by atoms with E-state index in [2.05, 4.69) is 21.8 Å². The van der Waals surface area contributed by atoms with Crippen LogP contribution in [0.5, 0.6) is 0 Å². The molecule has 0 aliphatic carbocycles. The van der Waals surface area contributed by atoms with Crippen LogP contribution >= 0.6 is 0 Å². The predicted molar refractivity (Wildman–Crippen MR) is 61.0 cm³/mol. The van der Waals surface area contributed by atoms with Gasteiger partial charge in [-0.2, -0.15) is 0 Å². The Labute approximate surface area is 95.8 Å². The molecule has 0 saturated carbocycles. The van der Waals surface area contributed by atoms with Gasteiger partial charge in [-0.1, -0.05) is 12.0 Å². The second-order valence-electron chi connectivity index (χ2n) is 4.52. The lowest BCUT2D eigenvalue weighted by atomic mass is 9.87. The molecule has 6 heteroatoms. The number of azide groups is 1. The van der Waals surface area contributed by atoms with E-state index in [0.717, 1.165) is 6.42 Å². The lowest BCUT2D eigenvalue weighted by Gasteiger charge is -2.42. The quantitative estimate of drug-likeness (QED) is 0.443. The second kappa shape index (κ2) is 6.06. The molecule has 0 aromatic heterocycles. The van der Waals surface area contributed by atoms with Crippen molar-refractivity contribution < 1.29 is 9.84 Å². The first kappa shape index (κ1) is 13.3. The van der Waals surface area contributed by atoms with Gasteiger partial charge in [0.25, 0.3) is 0 Å². The van der Waals surface area contributed by atoms with Crippen LogP contribution < -0.4 is 0 Å². The molecule has 1 N–H and O–H groups in total. The molecule has 0 unspecified atom stereocenters. The van der Waals surface area contributed by atoms with E-state index in [0.29, 0.717) is 12.6 Å². The summed E-state index contributed by atoms with van der Waals surface area (Å²) in [4.78, 5) is 4.88. The second-order valence-corrected chi connectivity index (χ2v) is 4.52. The van der Waals surface area contributed by atoms with Gasteiger partial charge >= 0.3 is 0 Å². The van der Waals surface area contributed by atoms with Crippen LogP contribution in [0.1, 0.15) is 13.3 Å². The summed E-state index contributed by atoms with van der Waals surface area (Å²) in [5.41, 5.74) is 8.29. The first-order valence-corrected chi connectivity index (χ1v) is 5.53. The Morgan fingerprint density at radius 2 is 2.25 bits per heavy atom. The van der Waals surface area contributed by atoms with Gasteiger partial charge in [0.1, 0.15) is 0 Å². The third-order valence-corrected chi connectivity index (χ3v) is 3.26. The minimum absolute atomic E-state index is 0.0122. The van der Waals surface area contributed by atoms with Crippen LogP contribution in [0, 0.1) is 5.92 Å². The van der Waals surface area contributed by atoms with Gasteiger partial charge in [0.2, 0.25) is 0 Å². The largest absolute Gasteiger partial charge is 0.394 e. The maximum Gasteiger partial charge on any atom is 0.0849 e. The van der Waals surface area contributed by atoms with Crippen LogP contribution in [0.4, 0.5) is 0 Å². The molecule has 6 nitrogen and oxygen atoms in total. The first-order valence-electron chi connectivity index (χ1n) is 5.53. The van der Waals surface area contributed by atoms with Crippen LogP contribution in [0.25, 0.3) is 10.4 Å². The maximum atomic E-state index is 9.26. The molecule has 1 saturated heterocycles. The van der Waals surface area contributed by atoms with E-state index < -0.39 is 0 Å². The molecular weight excluding hydrogens is 208 g/mol. The predicted octanol–water partition coefficient (Wildman–Crippen LogP) is 1.01. The van der Waals surface area contributed by atoms with Gasteiger partial charge in [-0.15, -0.1) is 0 Å². The van der Waals surface area contributed by atoms with Gasteiger partial charge in [0, 0.05) is 16.9 Å². The molecule has 1 rings (SSSR count). The highest BCUT2D eigenvalue weighted by atomic mass is 16.5. The number of hydrogen-bond donors (Lipinski definition) is 1. The van der Waals surface area contributed by atoms with Crippen molar-refractivity contribution in [2.75, 3.05) is 27.2 Å². The summed E-state index contributed by atoms with van der Waals surface area (Å²) in [5, 5.41) is 12.8. The van der Waals surface area contributed by atoms with E-state index in [4.69, 9.17) is 10.3 Å². The lowest BCUT2D eigenvalue weighted by molar-refractivity contribution is -0.121. The Balaban J connectivity index is 2.68. The molecular formula is C10H20N4O2. The van der Waals surface area contributed by atoms with Crippen LogP contribution in [0.15, 0.2) is 5.11 Å². The molecule has 0 aromatic rings. The van der Waals surface area contributed by atoms with E-state index in [1.165, 1.54) is 0 Å². The summed E-state index contributed by atoms with van der Waals surface area (Å²) < 4.78 is 5.69. The van der Waals surface area contributed by atoms with Gasteiger partial charge in [-0.25, -0.2) is 0 Å². The number of aliphatic hydroxyl groups is 1. The van der Waals surface area contributed by atoms with Gasteiger partial charge in [-0.05, 0) is 26.0 Å². The summed E-state index contributed by atoms with van der Waals surface area (Å²) in [5.74, 6) is 0.280. The highest BCUT2D eigenvalue weighted by molar-refractivity contribution is 4.88. The van der Waals surface area contributed by atoms with Crippen molar-refractivity contribution in [2.45, 2.75) is 31.6 Å². The zero-order valence-electron chi connectivity index (χ0n) is 10.1. The summed E-state index contributed by atoms with van der Waals surface area (Å²) >= 11 is 0. The van der Waals surface area contributed by atoms with E-state index in [9.17, 15) is 5.11 Å². The number of ether oxygens (including phenoxy) is 1. The third kappa shape index (κ3) is 3.09. The molecule has 92 valence electrons. The minimum atomic E-state index is -0.167. The topological polar surface area (TPSA) is 81.5 Å². The molecule has 0 spiro atoms.